The number of sulfonamides is 1. The fraction of sp³-hybridized carbons (Fsp3) is 0.0476. The minimum atomic E-state index is -3.97. The van der Waals surface area contributed by atoms with Gasteiger partial charge in [0.2, 0.25) is 0 Å². The number of amides is 3. The molecule has 0 aliphatic carbocycles. The highest BCUT2D eigenvalue weighted by atomic mass is 32.2. The first-order chi connectivity index (χ1) is 15.3. The van der Waals surface area contributed by atoms with Gasteiger partial charge >= 0.3 is 6.03 Å². The lowest BCUT2D eigenvalue weighted by Gasteiger charge is -2.11. The van der Waals surface area contributed by atoms with Crippen LogP contribution in [-0.2, 0) is 10.0 Å². The highest BCUT2D eigenvalue weighted by Crippen LogP contribution is 2.20. The quantitative estimate of drug-likeness (QED) is 0.423. The third kappa shape index (κ3) is 5.95. The maximum atomic E-state index is 12.9. The molecule has 32 heavy (non-hydrogen) atoms. The Kier molecular flexibility index (Phi) is 6.90. The lowest BCUT2D eigenvalue weighted by atomic mass is 10.2. The predicted octanol–water partition coefficient (Wildman–Crippen LogP) is 3.10. The van der Waals surface area contributed by atoms with Gasteiger partial charge in [-0.2, -0.15) is 0 Å². The Morgan fingerprint density at radius 1 is 0.875 bits per heavy atom. The molecule has 3 aromatic rings. The number of nitrogens with one attached hydrogen (secondary N) is 4. The molecule has 0 spiro atoms. The van der Waals surface area contributed by atoms with E-state index in [0.29, 0.717) is 17.1 Å². The average Bonchev–Trinajstić information content (AvgIpc) is 2.79. The first-order valence-corrected chi connectivity index (χ1v) is 10.6. The molecule has 0 unspecified atom stereocenters. The van der Waals surface area contributed by atoms with Crippen molar-refractivity contribution in [2.75, 3.05) is 17.1 Å². The van der Waals surface area contributed by atoms with Crippen molar-refractivity contribution in [3.63, 3.8) is 0 Å². The normalized spacial score (nSPS) is 10.7. The summed E-state index contributed by atoms with van der Waals surface area (Å²) in [5, 5.41) is 2.40. The average molecular weight is 458 g/mol. The van der Waals surface area contributed by atoms with Crippen molar-refractivity contribution in [3.8, 4) is 5.75 Å². The molecule has 0 saturated carbocycles. The Morgan fingerprint density at radius 3 is 2.19 bits per heavy atom. The number of benzene rings is 3. The summed E-state index contributed by atoms with van der Waals surface area (Å²) in [6.07, 6.45) is 0. The van der Waals surface area contributed by atoms with Gasteiger partial charge in [-0.05, 0) is 66.7 Å². The molecular formula is C21H19FN4O5S. The summed E-state index contributed by atoms with van der Waals surface area (Å²) in [4.78, 5) is 24.0. The zero-order valence-electron chi connectivity index (χ0n) is 16.8. The van der Waals surface area contributed by atoms with Crippen LogP contribution in [0, 0.1) is 5.82 Å². The molecule has 0 saturated heterocycles. The third-order valence-corrected chi connectivity index (χ3v) is 5.52. The number of hydrogen-bond acceptors (Lipinski definition) is 5. The zero-order valence-corrected chi connectivity index (χ0v) is 17.6. The molecule has 3 aromatic carbocycles. The molecule has 0 aromatic heterocycles. The van der Waals surface area contributed by atoms with Gasteiger partial charge in [-0.15, -0.1) is 0 Å². The van der Waals surface area contributed by atoms with Crippen LogP contribution < -0.4 is 25.6 Å². The molecule has 3 amide bonds. The van der Waals surface area contributed by atoms with E-state index in [4.69, 9.17) is 4.74 Å². The summed E-state index contributed by atoms with van der Waals surface area (Å²) in [7, 11) is -2.47. The predicted molar refractivity (Wildman–Crippen MR) is 116 cm³/mol. The fourth-order valence-corrected chi connectivity index (χ4v) is 3.66. The highest BCUT2D eigenvalue weighted by molar-refractivity contribution is 7.92. The lowest BCUT2D eigenvalue weighted by molar-refractivity contribution is 0.0937. The summed E-state index contributed by atoms with van der Waals surface area (Å²) in [6.45, 7) is 0. The summed E-state index contributed by atoms with van der Waals surface area (Å²) < 4.78 is 45.6. The number of hydrazine groups is 1. The number of carbonyl (C=O) groups excluding carboxylic acids is 2. The van der Waals surface area contributed by atoms with Crippen molar-refractivity contribution < 1.29 is 27.1 Å². The lowest BCUT2D eigenvalue weighted by Crippen LogP contribution is -2.43. The van der Waals surface area contributed by atoms with E-state index < -0.39 is 27.8 Å². The minimum Gasteiger partial charge on any atom is -0.497 e. The SMILES string of the molecule is COc1ccc(NS(=O)(=O)c2cccc(C(=O)NNC(=O)Nc3ccc(F)cc3)c2)cc1. The van der Waals surface area contributed by atoms with E-state index in [-0.39, 0.29) is 10.5 Å². The highest BCUT2D eigenvalue weighted by Gasteiger charge is 2.17. The summed E-state index contributed by atoms with van der Waals surface area (Å²) in [5.41, 5.74) is 4.94. The molecule has 11 heteroatoms. The van der Waals surface area contributed by atoms with Crippen LogP contribution in [0.15, 0.2) is 77.7 Å². The van der Waals surface area contributed by atoms with E-state index in [9.17, 15) is 22.4 Å². The third-order valence-electron chi connectivity index (χ3n) is 4.14. The number of rotatable bonds is 6. The van der Waals surface area contributed by atoms with Gasteiger partial charge in [0.05, 0.1) is 12.0 Å². The number of urea groups is 1. The van der Waals surface area contributed by atoms with E-state index in [0.717, 1.165) is 0 Å². The van der Waals surface area contributed by atoms with E-state index in [2.05, 4.69) is 20.9 Å². The smallest absolute Gasteiger partial charge is 0.337 e. The van der Waals surface area contributed by atoms with E-state index in [1.54, 1.807) is 12.1 Å². The molecule has 0 aliphatic heterocycles. The molecule has 166 valence electrons. The maximum Gasteiger partial charge on any atom is 0.337 e. The molecule has 0 aliphatic rings. The number of methoxy groups -OCH3 is 1. The van der Waals surface area contributed by atoms with Crippen LogP contribution in [0.3, 0.4) is 0 Å². The van der Waals surface area contributed by atoms with Gasteiger partial charge in [-0.25, -0.2) is 23.0 Å². The molecule has 0 radical (unpaired) electrons. The molecule has 0 bridgehead atoms. The summed E-state index contributed by atoms with van der Waals surface area (Å²) in [6, 6.07) is 15.8. The Morgan fingerprint density at radius 2 is 1.53 bits per heavy atom. The van der Waals surface area contributed by atoms with Gasteiger partial charge in [0.1, 0.15) is 11.6 Å². The van der Waals surface area contributed by atoms with Gasteiger partial charge in [-0.1, -0.05) is 6.07 Å². The van der Waals surface area contributed by atoms with E-state index in [1.165, 1.54) is 67.8 Å². The van der Waals surface area contributed by atoms with Crippen molar-refractivity contribution in [1.29, 1.82) is 0 Å². The molecule has 0 fully saturated rings. The van der Waals surface area contributed by atoms with Crippen molar-refractivity contribution in [2.24, 2.45) is 0 Å². The van der Waals surface area contributed by atoms with Crippen molar-refractivity contribution in [3.05, 3.63) is 84.2 Å². The van der Waals surface area contributed by atoms with Crippen molar-refractivity contribution >= 4 is 33.3 Å². The van der Waals surface area contributed by atoms with Crippen molar-refractivity contribution in [2.45, 2.75) is 4.90 Å². The van der Waals surface area contributed by atoms with Crippen LogP contribution in [-0.4, -0.2) is 27.5 Å². The Bertz CT molecular complexity index is 1220. The second-order valence-electron chi connectivity index (χ2n) is 6.40. The molecule has 3 rings (SSSR count). The second kappa shape index (κ2) is 9.79. The van der Waals surface area contributed by atoms with Crippen LogP contribution in [0.1, 0.15) is 10.4 Å². The van der Waals surface area contributed by atoms with Gasteiger partial charge in [0.15, 0.2) is 0 Å². The van der Waals surface area contributed by atoms with Gasteiger partial charge in [-0.3, -0.25) is 14.9 Å². The number of hydrogen-bond donors (Lipinski definition) is 4. The maximum absolute atomic E-state index is 12.9. The monoisotopic (exact) mass is 458 g/mol. The van der Waals surface area contributed by atoms with Crippen LogP contribution in [0.2, 0.25) is 0 Å². The largest absolute Gasteiger partial charge is 0.497 e. The summed E-state index contributed by atoms with van der Waals surface area (Å²) in [5.74, 6) is -0.621. The molecule has 9 nitrogen and oxygen atoms in total. The Balaban J connectivity index is 1.62. The first kappa shape index (κ1) is 22.6. The molecule has 0 atom stereocenters. The van der Waals surface area contributed by atoms with Gasteiger partial charge in [0, 0.05) is 16.9 Å². The Labute approximate surface area is 183 Å². The van der Waals surface area contributed by atoms with E-state index >= 15 is 0 Å². The van der Waals surface area contributed by atoms with Crippen molar-refractivity contribution in [1.82, 2.24) is 10.9 Å². The van der Waals surface area contributed by atoms with Gasteiger partial charge in [0.25, 0.3) is 15.9 Å². The fourth-order valence-electron chi connectivity index (χ4n) is 2.56. The molecule has 4 N–H and O–H groups in total. The number of ether oxygens (including phenoxy) is 1. The minimum absolute atomic E-state index is 0.00434. The molecule has 0 heterocycles. The van der Waals surface area contributed by atoms with Gasteiger partial charge < -0.3 is 10.1 Å². The first-order valence-electron chi connectivity index (χ1n) is 9.17. The number of anilines is 2. The van der Waals surface area contributed by atoms with E-state index in [1.807, 2.05) is 0 Å². The standard InChI is InChI=1S/C21H19FN4O5S/c1-31-18-11-9-17(10-12-18)26-32(29,30)19-4-2-3-14(13-19)20(27)24-25-21(28)23-16-7-5-15(22)6-8-16/h2-13,26H,1H3,(H,24,27)(H2,23,25,28). The number of halogens is 1. The zero-order chi connectivity index (χ0) is 23.1. The van der Waals surface area contributed by atoms with Crippen LogP contribution in [0.5, 0.6) is 5.75 Å². The second-order valence-corrected chi connectivity index (χ2v) is 8.08. The summed E-state index contributed by atoms with van der Waals surface area (Å²) >= 11 is 0. The van der Waals surface area contributed by atoms with Crippen LogP contribution in [0.25, 0.3) is 0 Å². The molecular weight excluding hydrogens is 439 g/mol. The number of carbonyl (C=O) groups is 2. The Hall–Kier alpha value is -4.12. The van der Waals surface area contributed by atoms with Crippen LogP contribution in [0.4, 0.5) is 20.6 Å². The van der Waals surface area contributed by atoms with Crippen LogP contribution >= 0.6 is 0 Å². The topological polar surface area (TPSA) is 126 Å².